The van der Waals surface area contributed by atoms with Crippen LogP contribution in [0.15, 0.2) is 17.0 Å². The molecule has 0 spiro atoms. The van der Waals surface area contributed by atoms with E-state index in [4.69, 9.17) is 9.84 Å². The van der Waals surface area contributed by atoms with Crippen molar-refractivity contribution in [2.45, 2.75) is 0 Å². The third-order valence-electron chi connectivity index (χ3n) is 1.88. The van der Waals surface area contributed by atoms with Crippen molar-refractivity contribution in [3.8, 4) is 0 Å². The van der Waals surface area contributed by atoms with Crippen molar-refractivity contribution < 1.29 is 9.84 Å². The van der Waals surface area contributed by atoms with Gasteiger partial charge in [0.15, 0.2) is 0 Å². The molecule has 0 amide bonds. The first kappa shape index (κ1) is 12.4. The molecule has 0 fully saturated rings. The van der Waals surface area contributed by atoms with Gasteiger partial charge in [-0.15, -0.1) is 0 Å². The minimum Gasteiger partial charge on any atom is -0.395 e. The summed E-state index contributed by atoms with van der Waals surface area (Å²) in [7, 11) is 1.65. The van der Waals surface area contributed by atoms with Crippen LogP contribution in [-0.4, -0.2) is 48.5 Å². The number of aliphatic hydroxyl groups is 1. The van der Waals surface area contributed by atoms with Gasteiger partial charge in [-0.05, 0) is 15.9 Å². The molecule has 0 bridgehead atoms. The molecule has 1 N–H and O–H groups in total. The van der Waals surface area contributed by atoms with Gasteiger partial charge in [0.05, 0.1) is 13.2 Å². The van der Waals surface area contributed by atoms with E-state index in [9.17, 15) is 0 Å². The molecular formula is C9H14BrN3O2. The van der Waals surface area contributed by atoms with Crippen LogP contribution in [0.3, 0.4) is 0 Å². The van der Waals surface area contributed by atoms with Gasteiger partial charge in [-0.1, -0.05) is 0 Å². The molecule has 0 aliphatic rings. The number of hydrogen-bond acceptors (Lipinski definition) is 5. The fourth-order valence-electron chi connectivity index (χ4n) is 1.16. The summed E-state index contributed by atoms with van der Waals surface area (Å²) in [6.07, 6.45) is 1.48. The Balaban J connectivity index is 2.69. The lowest BCUT2D eigenvalue weighted by atomic mass is 10.4. The van der Waals surface area contributed by atoms with Gasteiger partial charge >= 0.3 is 0 Å². The van der Waals surface area contributed by atoms with Crippen LogP contribution in [0.25, 0.3) is 0 Å². The molecule has 5 nitrogen and oxygen atoms in total. The largest absolute Gasteiger partial charge is 0.395 e. The number of aliphatic hydroxyl groups excluding tert-OH is 1. The molecule has 1 heterocycles. The number of nitrogens with zero attached hydrogens (tertiary/aromatic N) is 3. The molecule has 0 atom stereocenters. The lowest BCUT2D eigenvalue weighted by Gasteiger charge is -2.22. The topological polar surface area (TPSA) is 58.5 Å². The number of halogens is 1. The maximum atomic E-state index is 8.93. The maximum absolute atomic E-state index is 8.93. The molecule has 0 aliphatic carbocycles. The van der Waals surface area contributed by atoms with Crippen LogP contribution in [0.4, 0.5) is 5.82 Å². The van der Waals surface area contributed by atoms with Crippen molar-refractivity contribution in [1.29, 1.82) is 0 Å². The molecule has 6 heteroatoms. The Morgan fingerprint density at radius 3 is 2.87 bits per heavy atom. The summed E-state index contributed by atoms with van der Waals surface area (Å²) < 4.78 is 5.72. The molecule has 0 aromatic carbocycles. The van der Waals surface area contributed by atoms with Crippen LogP contribution < -0.4 is 4.90 Å². The van der Waals surface area contributed by atoms with Crippen molar-refractivity contribution in [3.05, 3.63) is 17.0 Å². The Kier molecular flexibility index (Phi) is 5.52. The van der Waals surface area contributed by atoms with Gasteiger partial charge in [0.1, 0.15) is 16.7 Å². The minimum absolute atomic E-state index is 0.0886. The maximum Gasteiger partial charge on any atom is 0.133 e. The number of hydrogen-bond donors (Lipinski definition) is 1. The van der Waals surface area contributed by atoms with E-state index in [1.54, 1.807) is 7.11 Å². The Morgan fingerprint density at radius 2 is 2.27 bits per heavy atom. The van der Waals surface area contributed by atoms with E-state index < -0.39 is 0 Å². The first-order valence-electron chi connectivity index (χ1n) is 4.60. The predicted octanol–water partition coefficient (Wildman–Crippen LogP) is 0.684. The lowest BCUT2D eigenvalue weighted by molar-refractivity contribution is 0.202. The van der Waals surface area contributed by atoms with Gasteiger partial charge in [-0.25, -0.2) is 9.97 Å². The van der Waals surface area contributed by atoms with Gasteiger partial charge < -0.3 is 14.7 Å². The Bertz CT molecular complexity index is 298. The third-order valence-corrected chi connectivity index (χ3v) is 2.31. The smallest absolute Gasteiger partial charge is 0.133 e. The third kappa shape index (κ3) is 4.11. The molecule has 1 aromatic heterocycles. The van der Waals surface area contributed by atoms with E-state index >= 15 is 0 Å². The van der Waals surface area contributed by atoms with Crippen LogP contribution >= 0.6 is 15.9 Å². The van der Waals surface area contributed by atoms with Crippen molar-refractivity contribution >= 4 is 21.7 Å². The molecule has 1 rings (SSSR count). The number of ether oxygens (including phenoxy) is 1. The van der Waals surface area contributed by atoms with Crippen LogP contribution in [0.1, 0.15) is 0 Å². The monoisotopic (exact) mass is 275 g/mol. The van der Waals surface area contributed by atoms with Crippen molar-refractivity contribution in [1.82, 2.24) is 9.97 Å². The second-order valence-corrected chi connectivity index (χ2v) is 3.71. The van der Waals surface area contributed by atoms with E-state index in [-0.39, 0.29) is 6.61 Å². The first-order chi connectivity index (χ1) is 7.27. The Morgan fingerprint density at radius 1 is 1.47 bits per heavy atom. The summed E-state index contributed by atoms with van der Waals surface area (Å²) in [6.45, 7) is 1.92. The van der Waals surface area contributed by atoms with Crippen LogP contribution in [0, 0.1) is 0 Å². The first-order valence-corrected chi connectivity index (χ1v) is 5.39. The van der Waals surface area contributed by atoms with Crippen LogP contribution in [0.5, 0.6) is 0 Å². The van der Waals surface area contributed by atoms with Gasteiger partial charge in [0.2, 0.25) is 0 Å². The molecule has 15 heavy (non-hydrogen) atoms. The quantitative estimate of drug-likeness (QED) is 0.774. The summed E-state index contributed by atoms with van der Waals surface area (Å²) in [4.78, 5) is 10.0. The fraction of sp³-hybridized carbons (Fsp3) is 0.556. The van der Waals surface area contributed by atoms with Gasteiger partial charge in [-0.3, -0.25) is 0 Å². The SMILES string of the molecule is COCCN(CCO)c1cc(Br)ncn1. The van der Waals surface area contributed by atoms with E-state index in [0.717, 1.165) is 10.4 Å². The zero-order valence-corrected chi connectivity index (χ0v) is 10.1. The molecule has 0 saturated carbocycles. The number of aromatic nitrogens is 2. The van der Waals surface area contributed by atoms with Crippen molar-refractivity contribution in [2.75, 3.05) is 38.3 Å². The summed E-state index contributed by atoms with van der Waals surface area (Å²) >= 11 is 3.28. The van der Waals surface area contributed by atoms with Crippen LogP contribution in [-0.2, 0) is 4.74 Å². The minimum atomic E-state index is 0.0886. The molecule has 0 aliphatic heterocycles. The molecule has 0 radical (unpaired) electrons. The van der Waals surface area contributed by atoms with E-state index in [0.29, 0.717) is 19.7 Å². The van der Waals surface area contributed by atoms with E-state index in [1.165, 1.54) is 6.33 Å². The number of anilines is 1. The summed E-state index contributed by atoms with van der Waals surface area (Å²) in [5.41, 5.74) is 0. The fourth-order valence-corrected chi connectivity index (χ4v) is 1.46. The molecule has 84 valence electrons. The predicted molar refractivity (Wildman–Crippen MR) is 60.9 cm³/mol. The highest BCUT2D eigenvalue weighted by atomic mass is 79.9. The van der Waals surface area contributed by atoms with Crippen molar-refractivity contribution in [2.24, 2.45) is 0 Å². The average molecular weight is 276 g/mol. The van der Waals surface area contributed by atoms with E-state index in [2.05, 4.69) is 25.9 Å². The highest BCUT2D eigenvalue weighted by Crippen LogP contribution is 2.13. The second-order valence-electron chi connectivity index (χ2n) is 2.90. The summed E-state index contributed by atoms with van der Waals surface area (Å²) in [5, 5.41) is 8.93. The molecule has 0 unspecified atom stereocenters. The second kappa shape index (κ2) is 6.71. The number of methoxy groups -OCH3 is 1. The van der Waals surface area contributed by atoms with E-state index in [1.807, 2.05) is 11.0 Å². The van der Waals surface area contributed by atoms with Gasteiger partial charge in [0, 0.05) is 26.3 Å². The highest BCUT2D eigenvalue weighted by molar-refractivity contribution is 9.10. The highest BCUT2D eigenvalue weighted by Gasteiger charge is 2.07. The zero-order valence-electron chi connectivity index (χ0n) is 8.56. The molecule has 0 saturated heterocycles. The Labute approximate surface area is 97.2 Å². The zero-order chi connectivity index (χ0) is 11.1. The van der Waals surface area contributed by atoms with Crippen LogP contribution in [0.2, 0.25) is 0 Å². The molecule has 1 aromatic rings. The summed E-state index contributed by atoms with van der Waals surface area (Å²) in [6, 6.07) is 1.81. The summed E-state index contributed by atoms with van der Waals surface area (Å²) in [5.74, 6) is 0.781. The average Bonchev–Trinajstić information content (AvgIpc) is 2.24. The number of rotatable bonds is 6. The standard InChI is InChI=1S/C9H14BrN3O2/c1-15-5-3-13(2-4-14)9-6-8(10)11-7-12-9/h6-7,14H,2-5H2,1H3. The van der Waals surface area contributed by atoms with Crippen molar-refractivity contribution in [3.63, 3.8) is 0 Å². The van der Waals surface area contributed by atoms with Gasteiger partial charge in [0.25, 0.3) is 0 Å². The lowest BCUT2D eigenvalue weighted by Crippen LogP contribution is -2.30. The Hall–Kier alpha value is -0.720. The molecular weight excluding hydrogens is 262 g/mol. The normalized spacial score (nSPS) is 10.3. The van der Waals surface area contributed by atoms with Gasteiger partial charge in [-0.2, -0.15) is 0 Å².